The Morgan fingerprint density at radius 3 is 2.57 bits per heavy atom. The Hall–Kier alpha value is -3.68. The highest BCUT2D eigenvalue weighted by Crippen LogP contribution is 2.33. The topological polar surface area (TPSA) is 90.6 Å². The van der Waals surface area contributed by atoms with Gasteiger partial charge in [0.25, 0.3) is 5.69 Å². The van der Waals surface area contributed by atoms with Gasteiger partial charge >= 0.3 is 0 Å². The number of non-ortho nitro benzene ring substituents is 1. The van der Waals surface area contributed by atoms with Gasteiger partial charge in [0.1, 0.15) is 5.82 Å². The first kappa shape index (κ1) is 17.7. The largest absolute Gasteiger partial charge is 0.454 e. The van der Waals surface area contributed by atoms with Crippen LogP contribution in [0.15, 0.2) is 48.5 Å². The van der Waals surface area contributed by atoms with E-state index in [9.17, 15) is 10.1 Å². The molecule has 0 atom stereocenters. The van der Waals surface area contributed by atoms with Crippen molar-refractivity contribution >= 4 is 11.5 Å². The van der Waals surface area contributed by atoms with Crippen LogP contribution in [-0.4, -0.2) is 28.7 Å². The summed E-state index contributed by atoms with van der Waals surface area (Å²) in [6.45, 7) is 2.78. The van der Waals surface area contributed by atoms with Crippen molar-refractivity contribution in [3.05, 3.63) is 69.9 Å². The van der Waals surface area contributed by atoms with Crippen molar-refractivity contribution in [1.82, 2.24) is 9.97 Å². The first-order valence-corrected chi connectivity index (χ1v) is 8.70. The molecule has 1 aliphatic heterocycles. The molecule has 0 N–H and O–H groups in total. The van der Waals surface area contributed by atoms with Gasteiger partial charge in [0.05, 0.1) is 4.92 Å². The minimum absolute atomic E-state index is 0.0385. The number of aryl methyl sites for hydroxylation is 1. The fourth-order valence-corrected chi connectivity index (χ4v) is 3.00. The van der Waals surface area contributed by atoms with Crippen LogP contribution in [0.5, 0.6) is 11.5 Å². The molecule has 1 aromatic heterocycles. The lowest BCUT2D eigenvalue weighted by Crippen LogP contribution is -2.18. The average Bonchev–Trinajstić information content (AvgIpc) is 3.15. The maximum Gasteiger partial charge on any atom is 0.269 e. The number of rotatable bonds is 5. The van der Waals surface area contributed by atoms with E-state index in [1.807, 2.05) is 43.1 Å². The highest BCUT2D eigenvalue weighted by Gasteiger charge is 2.15. The quantitative estimate of drug-likeness (QED) is 0.493. The summed E-state index contributed by atoms with van der Waals surface area (Å²) >= 11 is 0. The molecule has 0 radical (unpaired) electrons. The molecule has 8 nitrogen and oxygen atoms in total. The van der Waals surface area contributed by atoms with Crippen LogP contribution in [0.25, 0.3) is 11.4 Å². The van der Waals surface area contributed by atoms with Gasteiger partial charge in [0, 0.05) is 43.0 Å². The Labute approximate surface area is 161 Å². The molecule has 0 aliphatic carbocycles. The van der Waals surface area contributed by atoms with Gasteiger partial charge in [-0.15, -0.1) is 0 Å². The van der Waals surface area contributed by atoms with E-state index in [0.29, 0.717) is 12.4 Å². The van der Waals surface area contributed by atoms with E-state index in [1.54, 1.807) is 12.1 Å². The third-order valence-electron chi connectivity index (χ3n) is 4.42. The number of nitro benzene ring substituents is 1. The Morgan fingerprint density at radius 1 is 1.07 bits per heavy atom. The molecule has 2 heterocycles. The van der Waals surface area contributed by atoms with Crippen LogP contribution in [0.2, 0.25) is 0 Å². The molecule has 0 spiro atoms. The van der Waals surface area contributed by atoms with Crippen molar-refractivity contribution in [3.63, 3.8) is 0 Å². The monoisotopic (exact) mass is 378 g/mol. The van der Waals surface area contributed by atoms with Crippen molar-refractivity contribution in [2.75, 3.05) is 18.7 Å². The zero-order valence-corrected chi connectivity index (χ0v) is 15.5. The van der Waals surface area contributed by atoms with E-state index in [2.05, 4.69) is 9.97 Å². The predicted molar refractivity (Wildman–Crippen MR) is 104 cm³/mol. The number of ether oxygens (including phenoxy) is 2. The third-order valence-corrected chi connectivity index (χ3v) is 4.42. The van der Waals surface area contributed by atoms with Crippen LogP contribution in [0.1, 0.15) is 11.3 Å². The van der Waals surface area contributed by atoms with Gasteiger partial charge in [-0.05, 0) is 36.8 Å². The lowest BCUT2D eigenvalue weighted by Gasteiger charge is -2.19. The Balaban J connectivity index is 1.58. The van der Waals surface area contributed by atoms with Crippen molar-refractivity contribution in [3.8, 4) is 22.9 Å². The minimum Gasteiger partial charge on any atom is -0.454 e. The minimum atomic E-state index is -0.425. The Kier molecular flexibility index (Phi) is 4.52. The number of aromatic nitrogens is 2. The summed E-state index contributed by atoms with van der Waals surface area (Å²) in [5.74, 6) is 2.79. The van der Waals surface area contributed by atoms with Crippen molar-refractivity contribution in [1.29, 1.82) is 0 Å². The first-order valence-electron chi connectivity index (χ1n) is 8.70. The molecule has 2 aromatic carbocycles. The fraction of sp³-hybridized carbons (Fsp3) is 0.200. The summed E-state index contributed by atoms with van der Waals surface area (Å²) in [5, 5.41) is 10.8. The molecule has 0 amide bonds. The number of nitro groups is 1. The van der Waals surface area contributed by atoms with Gasteiger partial charge in [-0.25, -0.2) is 9.97 Å². The molecule has 1 aliphatic rings. The van der Waals surface area contributed by atoms with Crippen molar-refractivity contribution in [2.45, 2.75) is 13.5 Å². The van der Waals surface area contributed by atoms with Gasteiger partial charge in [-0.3, -0.25) is 10.1 Å². The number of fused-ring (bicyclic) bond motifs is 1. The van der Waals surface area contributed by atoms with Crippen LogP contribution in [-0.2, 0) is 6.54 Å². The van der Waals surface area contributed by atoms with Crippen LogP contribution in [0.3, 0.4) is 0 Å². The van der Waals surface area contributed by atoms with E-state index in [4.69, 9.17) is 9.47 Å². The van der Waals surface area contributed by atoms with Crippen LogP contribution >= 0.6 is 0 Å². The van der Waals surface area contributed by atoms with E-state index in [1.165, 1.54) is 12.1 Å². The summed E-state index contributed by atoms with van der Waals surface area (Å²) in [4.78, 5) is 21.5. The van der Waals surface area contributed by atoms with E-state index >= 15 is 0 Å². The number of hydrogen-bond acceptors (Lipinski definition) is 7. The summed E-state index contributed by atoms with van der Waals surface area (Å²) in [5.41, 5.74) is 2.65. The Bertz CT molecular complexity index is 1040. The average molecular weight is 378 g/mol. The summed E-state index contributed by atoms with van der Waals surface area (Å²) in [6, 6.07) is 14.0. The van der Waals surface area contributed by atoms with E-state index in [0.717, 1.165) is 34.1 Å². The number of nitrogens with zero attached hydrogens (tertiary/aromatic N) is 4. The first-order chi connectivity index (χ1) is 13.5. The molecule has 8 heteroatoms. The molecule has 0 fully saturated rings. The molecule has 0 bridgehead atoms. The van der Waals surface area contributed by atoms with E-state index < -0.39 is 4.92 Å². The summed E-state index contributed by atoms with van der Waals surface area (Å²) < 4.78 is 10.8. The number of anilines is 1. The normalized spacial score (nSPS) is 12.1. The lowest BCUT2D eigenvalue weighted by atomic mass is 10.2. The maximum atomic E-state index is 10.8. The van der Waals surface area contributed by atoms with Gasteiger partial charge in [0.15, 0.2) is 17.3 Å². The second-order valence-corrected chi connectivity index (χ2v) is 6.54. The number of hydrogen-bond donors (Lipinski definition) is 0. The third kappa shape index (κ3) is 3.57. The van der Waals surface area contributed by atoms with Gasteiger partial charge < -0.3 is 14.4 Å². The predicted octanol–water partition coefficient (Wildman–Crippen LogP) is 3.73. The second kappa shape index (κ2) is 7.15. The smallest absolute Gasteiger partial charge is 0.269 e. The summed E-state index contributed by atoms with van der Waals surface area (Å²) in [7, 11) is 1.95. The molecule has 28 heavy (non-hydrogen) atoms. The molecule has 142 valence electrons. The van der Waals surface area contributed by atoms with Crippen LogP contribution in [0, 0.1) is 17.0 Å². The maximum absolute atomic E-state index is 10.8. The molecule has 3 aromatic rings. The lowest BCUT2D eigenvalue weighted by molar-refractivity contribution is -0.384. The van der Waals surface area contributed by atoms with Crippen molar-refractivity contribution < 1.29 is 14.4 Å². The fourth-order valence-electron chi connectivity index (χ4n) is 3.00. The molecule has 4 rings (SSSR count). The van der Waals surface area contributed by atoms with E-state index in [-0.39, 0.29) is 12.5 Å². The van der Waals surface area contributed by atoms with Gasteiger partial charge in [0.2, 0.25) is 6.79 Å². The second-order valence-electron chi connectivity index (χ2n) is 6.54. The van der Waals surface area contributed by atoms with Crippen LogP contribution in [0.4, 0.5) is 11.5 Å². The van der Waals surface area contributed by atoms with Crippen molar-refractivity contribution in [2.24, 2.45) is 0 Å². The van der Waals surface area contributed by atoms with Gasteiger partial charge in [-0.2, -0.15) is 0 Å². The molecular weight excluding hydrogens is 360 g/mol. The highest BCUT2D eigenvalue weighted by atomic mass is 16.7. The van der Waals surface area contributed by atoms with Crippen LogP contribution < -0.4 is 14.4 Å². The zero-order valence-electron chi connectivity index (χ0n) is 15.5. The highest BCUT2D eigenvalue weighted by molar-refractivity contribution is 5.60. The molecule has 0 unspecified atom stereocenters. The molecular formula is C20H18N4O4. The molecule has 0 saturated heterocycles. The molecule has 0 saturated carbocycles. The Morgan fingerprint density at radius 2 is 1.82 bits per heavy atom. The number of benzene rings is 2. The SMILES string of the molecule is Cc1cc(N(C)Cc2ccc3c(c2)OCO3)nc(-c2ccc([N+](=O)[O-])cc2)n1. The van der Waals surface area contributed by atoms with Gasteiger partial charge in [-0.1, -0.05) is 6.07 Å². The zero-order chi connectivity index (χ0) is 19.7. The summed E-state index contributed by atoms with van der Waals surface area (Å²) in [6.07, 6.45) is 0. The standard InChI is InChI=1S/C20H18N4O4/c1-13-9-19(22-20(21-13)15-4-6-16(7-5-15)24(25)26)23(2)11-14-3-8-17-18(10-14)28-12-27-17/h3-10H,11-12H2,1-2H3.